The fourth-order valence-corrected chi connectivity index (χ4v) is 3.31. The molecule has 2 fully saturated rings. The summed E-state index contributed by atoms with van der Waals surface area (Å²) in [6.07, 6.45) is 2.11. The Hall–Kier alpha value is -1.99. The molecule has 23 heavy (non-hydrogen) atoms. The predicted molar refractivity (Wildman–Crippen MR) is 85.4 cm³/mol. The fourth-order valence-electron chi connectivity index (χ4n) is 3.31. The van der Waals surface area contributed by atoms with Crippen LogP contribution in [-0.4, -0.2) is 35.4 Å². The van der Waals surface area contributed by atoms with E-state index in [0.29, 0.717) is 12.5 Å². The summed E-state index contributed by atoms with van der Waals surface area (Å²) < 4.78 is 0. The van der Waals surface area contributed by atoms with Crippen molar-refractivity contribution in [3.63, 3.8) is 0 Å². The van der Waals surface area contributed by atoms with Gasteiger partial charge in [-0.3, -0.25) is 20.3 Å². The number of hydrazine groups is 1. The summed E-state index contributed by atoms with van der Waals surface area (Å²) in [7, 11) is 0. The zero-order valence-electron chi connectivity index (χ0n) is 13.2. The minimum atomic E-state index is -0.415. The molecule has 1 aromatic carbocycles. The van der Waals surface area contributed by atoms with Crippen LogP contribution in [0.4, 0.5) is 5.69 Å². The van der Waals surface area contributed by atoms with Crippen LogP contribution in [0, 0.1) is 22.0 Å². The van der Waals surface area contributed by atoms with Gasteiger partial charge in [-0.05, 0) is 24.3 Å². The highest BCUT2D eigenvalue weighted by Crippen LogP contribution is 2.29. The molecule has 0 aliphatic carbocycles. The Bertz CT molecular complexity index is 581. The maximum Gasteiger partial charge on any atom is 0.269 e. The van der Waals surface area contributed by atoms with Gasteiger partial charge in [-0.25, -0.2) is 5.43 Å². The Morgan fingerprint density at radius 3 is 2.52 bits per heavy atom. The number of nitrogens with one attached hydrogen (secondary N) is 2. The van der Waals surface area contributed by atoms with Crippen LogP contribution in [0.25, 0.3) is 0 Å². The summed E-state index contributed by atoms with van der Waals surface area (Å²) in [5.41, 5.74) is 7.14. The number of hydrogen-bond acceptors (Lipinski definition) is 5. The predicted octanol–water partition coefficient (Wildman–Crippen LogP) is 1.62. The number of nitro benzene ring substituents is 1. The summed E-state index contributed by atoms with van der Waals surface area (Å²) in [5.74, 6) is 0.673. The van der Waals surface area contributed by atoms with Gasteiger partial charge in [-0.15, -0.1) is 0 Å². The van der Waals surface area contributed by atoms with E-state index in [-0.39, 0.29) is 23.6 Å². The summed E-state index contributed by atoms with van der Waals surface area (Å²) in [6.45, 7) is 4.44. The van der Waals surface area contributed by atoms with Gasteiger partial charge in [0.15, 0.2) is 0 Å². The topological polar surface area (TPSA) is 87.5 Å². The first-order valence-corrected chi connectivity index (χ1v) is 8.08. The number of hydrogen-bond donors (Lipinski definition) is 2. The van der Waals surface area contributed by atoms with Gasteiger partial charge in [0.1, 0.15) is 0 Å². The summed E-state index contributed by atoms with van der Waals surface area (Å²) in [4.78, 5) is 25.1. The molecule has 2 unspecified atom stereocenters. The third-order valence-electron chi connectivity index (χ3n) is 4.86. The number of amides is 1. The Kier molecular flexibility index (Phi) is 4.58. The van der Waals surface area contributed by atoms with Crippen LogP contribution in [0.15, 0.2) is 24.3 Å². The molecule has 3 rings (SSSR count). The lowest BCUT2D eigenvalue weighted by atomic mass is 9.91. The van der Waals surface area contributed by atoms with E-state index in [4.69, 9.17) is 0 Å². The lowest BCUT2D eigenvalue weighted by molar-refractivity contribution is -0.384. The van der Waals surface area contributed by atoms with Crippen LogP contribution < -0.4 is 10.9 Å². The number of carbonyl (C=O) groups is 1. The molecule has 2 aliphatic heterocycles. The Morgan fingerprint density at radius 1 is 1.26 bits per heavy atom. The van der Waals surface area contributed by atoms with Crippen LogP contribution in [0.5, 0.6) is 0 Å². The summed E-state index contributed by atoms with van der Waals surface area (Å²) in [6, 6.07) is 6.27. The molecule has 0 saturated carbocycles. The van der Waals surface area contributed by atoms with E-state index in [9.17, 15) is 14.9 Å². The zero-order valence-corrected chi connectivity index (χ0v) is 13.2. The number of likely N-dealkylation sites (tertiary alicyclic amines) is 1. The first-order chi connectivity index (χ1) is 11.1. The first-order valence-electron chi connectivity index (χ1n) is 8.08. The van der Waals surface area contributed by atoms with E-state index in [1.54, 1.807) is 12.1 Å². The molecule has 2 aliphatic rings. The van der Waals surface area contributed by atoms with Crippen molar-refractivity contribution in [2.75, 3.05) is 19.6 Å². The SMILES string of the molecule is CC1CCN(C(=O)C2CNNC2c2ccc([N+](=O)[O-])cc2)CC1. The molecule has 1 amide bonds. The fraction of sp³-hybridized carbons (Fsp3) is 0.562. The van der Waals surface area contributed by atoms with Crippen LogP contribution in [0.3, 0.4) is 0 Å². The number of nitro groups is 1. The van der Waals surface area contributed by atoms with Crippen LogP contribution in [0.2, 0.25) is 0 Å². The van der Waals surface area contributed by atoms with Crippen molar-refractivity contribution in [3.8, 4) is 0 Å². The molecule has 0 spiro atoms. The van der Waals surface area contributed by atoms with Gasteiger partial charge in [-0.1, -0.05) is 19.1 Å². The maximum absolute atomic E-state index is 12.8. The van der Waals surface area contributed by atoms with Crippen molar-refractivity contribution >= 4 is 11.6 Å². The molecule has 2 N–H and O–H groups in total. The molecule has 0 aromatic heterocycles. The third kappa shape index (κ3) is 3.35. The van der Waals surface area contributed by atoms with Crippen LogP contribution in [-0.2, 0) is 4.79 Å². The van der Waals surface area contributed by atoms with Gasteiger partial charge >= 0.3 is 0 Å². The lowest BCUT2D eigenvalue weighted by Crippen LogP contribution is -2.43. The molecule has 1 aromatic rings. The van der Waals surface area contributed by atoms with Crippen molar-refractivity contribution in [1.82, 2.24) is 15.8 Å². The molecular weight excluding hydrogens is 296 g/mol. The molecule has 0 bridgehead atoms. The average molecular weight is 318 g/mol. The molecule has 2 heterocycles. The normalized spacial score (nSPS) is 25.5. The molecule has 124 valence electrons. The van der Waals surface area contributed by atoms with Gasteiger partial charge in [0, 0.05) is 31.8 Å². The van der Waals surface area contributed by atoms with Crippen LogP contribution in [0.1, 0.15) is 31.4 Å². The van der Waals surface area contributed by atoms with Gasteiger partial charge in [0.25, 0.3) is 5.69 Å². The van der Waals surface area contributed by atoms with Crippen molar-refractivity contribution in [3.05, 3.63) is 39.9 Å². The Morgan fingerprint density at radius 2 is 1.91 bits per heavy atom. The van der Waals surface area contributed by atoms with E-state index in [1.165, 1.54) is 12.1 Å². The second-order valence-electron chi connectivity index (χ2n) is 6.47. The monoisotopic (exact) mass is 318 g/mol. The van der Waals surface area contributed by atoms with Crippen molar-refractivity contribution in [2.24, 2.45) is 11.8 Å². The van der Waals surface area contributed by atoms with Crippen molar-refractivity contribution < 1.29 is 9.72 Å². The summed E-state index contributed by atoms with van der Waals surface area (Å²) >= 11 is 0. The number of rotatable bonds is 3. The van der Waals surface area contributed by atoms with E-state index >= 15 is 0 Å². The number of piperidine rings is 1. The zero-order chi connectivity index (χ0) is 16.4. The number of benzene rings is 1. The molecule has 0 radical (unpaired) electrons. The average Bonchev–Trinajstić information content (AvgIpc) is 3.04. The highest BCUT2D eigenvalue weighted by atomic mass is 16.6. The van der Waals surface area contributed by atoms with E-state index < -0.39 is 4.92 Å². The van der Waals surface area contributed by atoms with Gasteiger partial charge in [0.05, 0.1) is 16.9 Å². The highest BCUT2D eigenvalue weighted by molar-refractivity contribution is 5.80. The van der Waals surface area contributed by atoms with E-state index in [2.05, 4.69) is 17.8 Å². The lowest BCUT2D eigenvalue weighted by Gasteiger charge is -2.33. The third-order valence-corrected chi connectivity index (χ3v) is 4.86. The Balaban J connectivity index is 1.72. The van der Waals surface area contributed by atoms with Gasteiger partial charge in [-0.2, -0.15) is 0 Å². The standard InChI is InChI=1S/C16H22N4O3/c1-11-6-8-19(9-7-11)16(21)14-10-17-18-15(14)12-2-4-13(5-3-12)20(22)23/h2-5,11,14-15,17-18H,6-10H2,1H3. The van der Waals surface area contributed by atoms with Crippen molar-refractivity contribution in [1.29, 1.82) is 0 Å². The smallest absolute Gasteiger partial charge is 0.269 e. The van der Waals surface area contributed by atoms with Crippen LogP contribution >= 0.6 is 0 Å². The minimum absolute atomic E-state index is 0.0626. The molecule has 2 saturated heterocycles. The minimum Gasteiger partial charge on any atom is -0.342 e. The highest BCUT2D eigenvalue weighted by Gasteiger charge is 2.37. The van der Waals surface area contributed by atoms with E-state index in [1.807, 2.05) is 4.90 Å². The van der Waals surface area contributed by atoms with Crippen molar-refractivity contribution in [2.45, 2.75) is 25.8 Å². The molecule has 7 nitrogen and oxygen atoms in total. The number of non-ortho nitro benzene ring substituents is 1. The summed E-state index contributed by atoms with van der Waals surface area (Å²) in [5, 5.41) is 10.8. The van der Waals surface area contributed by atoms with Gasteiger partial charge < -0.3 is 4.90 Å². The first kappa shape index (κ1) is 15.9. The largest absolute Gasteiger partial charge is 0.342 e. The van der Waals surface area contributed by atoms with Gasteiger partial charge in [0.2, 0.25) is 5.91 Å². The number of nitrogens with zero attached hydrogens (tertiary/aromatic N) is 2. The second-order valence-corrected chi connectivity index (χ2v) is 6.47. The maximum atomic E-state index is 12.8. The quantitative estimate of drug-likeness (QED) is 0.653. The van der Waals surface area contributed by atoms with E-state index in [0.717, 1.165) is 31.5 Å². The second kappa shape index (κ2) is 6.64. The Labute approximate surface area is 135 Å². The number of carbonyl (C=O) groups excluding carboxylic acids is 1. The molecular formula is C16H22N4O3. The molecule has 7 heteroatoms. The molecule has 2 atom stereocenters.